The normalized spacial score (nSPS) is 17.1. The van der Waals surface area contributed by atoms with E-state index in [1.807, 2.05) is 13.0 Å². The molecule has 1 aliphatic rings. The zero-order valence-electron chi connectivity index (χ0n) is 19.6. The molecule has 1 aliphatic heterocycles. The average molecular weight is 462 g/mol. The van der Waals surface area contributed by atoms with Crippen molar-refractivity contribution in [2.24, 2.45) is 0 Å². The van der Waals surface area contributed by atoms with Gasteiger partial charge in [0.2, 0.25) is 5.91 Å². The topological polar surface area (TPSA) is 90.0 Å². The number of fused-ring (bicyclic) bond motifs is 1. The van der Waals surface area contributed by atoms with Crippen LogP contribution in [0.2, 0.25) is 0 Å². The third kappa shape index (κ3) is 4.26. The van der Waals surface area contributed by atoms with Crippen LogP contribution in [0.15, 0.2) is 60.9 Å². The van der Waals surface area contributed by atoms with E-state index in [-0.39, 0.29) is 11.8 Å². The first-order valence-corrected chi connectivity index (χ1v) is 10.9. The maximum absolute atomic E-state index is 13.8. The van der Waals surface area contributed by atoms with E-state index in [1.165, 1.54) is 14.2 Å². The lowest BCUT2D eigenvalue weighted by Gasteiger charge is -2.39. The number of hydrogen-bond acceptors (Lipinski definition) is 6. The predicted molar refractivity (Wildman–Crippen MR) is 128 cm³/mol. The van der Waals surface area contributed by atoms with Gasteiger partial charge in [-0.05, 0) is 60.5 Å². The third-order valence-electron chi connectivity index (χ3n) is 5.92. The Kier molecular flexibility index (Phi) is 6.67. The number of methoxy groups -OCH3 is 2. The summed E-state index contributed by atoms with van der Waals surface area (Å²) in [6.45, 7) is 2.47. The molecular weight excluding hydrogens is 434 g/mol. The van der Waals surface area contributed by atoms with Gasteiger partial charge in [0.15, 0.2) is 11.5 Å². The molecule has 1 aromatic heterocycles. The second-order valence-electron chi connectivity index (χ2n) is 7.87. The van der Waals surface area contributed by atoms with Gasteiger partial charge in [0.05, 0.1) is 32.8 Å². The van der Waals surface area contributed by atoms with Crippen molar-refractivity contribution >= 4 is 17.5 Å². The Morgan fingerprint density at radius 2 is 1.79 bits per heavy atom. The highest BCUT2D eigenvalue weighted by Gasteiger charge is 2.43. The fourth-order valence-electron chi connectivity index (χ4n) is 4.32. The number of likely N-dealkylation sites (N-methyl/N-ethyl adjacent to an activating group) is 1. The highest BCUT2D eigenvalue weighted by atomic mass is 16.5. The summed E-state index contributed by atoms with van der Waals surface area (Å²) in [7, 11) is 4.72. The summed E-state index contributed by atoms with van der Waals surface area (Å²) < 4.78 is 16.4. The van der Waals surface area contributed by atoms with Gasteiger partial charge in [0.25, 0.3) is 5.91 Å². The molecule has 0 spiro atoms. The van der Waals surface area contributed by atoms with Crippen molar-refractivity contribution in [2.75, 3.05) is 33.2 Å². The zero-order chi connectivity index (χ0) is 24.2. The Balaban J connectivity index is 1.80. The number of carbonyl (C=O) groups excluding carboxylic acids is 2. The highest BCUT2D eigenvalue weighted by molar-refractivity contribution is 6.04. The summed E-state index contributed by atoms with van der Waals surface area (Å²) in [6, 6.07) is 13.6. The van der Waals surface area contributed by atoms with Gasteiger partial charge >= 0.3 is 0 Å². The molecule has 0 bridgehead atoms. The molecular formula is C26H27N3O5. The maximum atomic E-state index is 13.8. The molecule has 0 saturated carbocycles. The van der Waals surface area contributed by atoms with Crippen molar-refractivity contribution < 1.29 is 23.8 Å². The van der Waals surface area contributed by atoms with Crippen LogP contribution in [-0.2, 0) is 4.79 Å². The number of hydrogen-bond donors (Lipinski definition) is 1. The molecule has 2 aromatic carbocycles. The minimum Gasteiger partial charge on any atom is -0.494 e. The van der Waals surface area contributed by atoms with Crippen LogP contribution >= 0.6 is 0 Å². The first-order valence-electron chi connectivity index (χ1n) is 10.9. The lowest BCUT2D eigenvalue weighted by Crippen LogP contribution is -2.44. The molecule has 0 fully saturated rings. The van der Waals surface area contributed by atoms with Gasteiger partial charge in [-0.15, -0.1) is 0 Å². The van der Waals surface area contributed by atoms with Crippen molar-refractivity contribution in [3.05, 3.63) is 77.6 Å². The monoisotopic (exact) mass is 461 g/mol. The van der Waals surface area contributed by atoms with Gasteiger partial charge in [-0.1, -0.05) is 6.07 Å². The number of nitrogens with zero attached hydrogens (tertiary/aromatic N) is 2. The molecule has 34 heavy (non-hydrogen) atoms. The van der Waals surface area contributed by atoms with Crippen LogP contribution in [0.3, 0.4) is 0 Å². The molecule has 3 aromatic rings. The second kappa shape index (κ2) is 9.82. The lowest BCUT2D eigenvalue weighted by atomic mass is 9.79. The SMILES string of the molecule is CCOc1ccc(NC(=O)[C@H]2c3cc(OC)c(OC)cc3C(=O)N(C)[C@@H]2c2cccnc2)cc1. The van der Waals surface area contributed by atoms with Gasteiger partial charge in [-0.2, -0.15) is 0 Å². The fourth-order valence-corrected chi connectivity index (χ4v) is 4.32. The number of nitrogens with one attached hydrogen (secondary N) is 1. The van der Waals surface area contributed by atoms with Crippen LogP contribution in [0.25, 0.3) is 0 Å². The quantitative estimate of drug-likeness (QED) is 0.571. The van der Waals surface area contributed by atoms with Crippen LogP contribution in [-0.4, -0.2) is 49.6 Å². The van der Waals surface area contributed by atoms with Gasteiger partial charge in [0.1, 0.15) is 5.75 Å². The van der Waals surface area contributed by atoms with Gasteiger partial charge in [0, 0.05) is 30.7 Å². The molecule has 0 saturated heterocycles. The summed E-state index contributed by atoms with van der Waals surface area (Å²) in [4.78, 5) is 32.9. The summed E-state index contributed by atoms with van der Waals surface area (Å²) in [6.07, 6.45) is 3.34. The minimum absolute atomic E-state index is 0.213. The summed E-state index contributed by atoms with van der Waals surface area (Å²) in [5.74, 6) is 0.406. The van der Waals surface area contributed by atoms with Crippen LogP contribution in [0.4, 0.5) is 5.69 Å². The molecule has 8 heteroatoms. The third-order valence-corrected chi connectivity index (χ3v) is 5.92. The van der Waals surface area contributed by atoms with Crippen LogP contribution in [0, 0.1) is 0 Å². The molecule has 2 heterocycles. The average Bonchev–Trinajstić information content (AvgIpc) is 2.87. The Morgan fingerprint density at radius 1 is 1.09 bits per heavy atom. The molecule has 0 aliphatic carbocycles. The summed E-state index contributed by atoms with van der Waals surface area (Å²) in [5.41, 5.74) is 2.34. The molecule has 2 atom stereocenters. The van der Waals surface area contributed by atoms with Crippen LogP contribution in [0.5, 0.6) is 17.2 Å². The Morgan fingerprint density at radius 3 is 2.41 bits per heavy atom. The number of aromatic nitrogens is 1. The van der Waals surface area contributed by atoms with Crippen LogP contribution in [0.1, 0.15) is 40.4 Å². The van der Waals surface area contributed by atoms with E-state index in [4.69, 9.17) is 14.2 Å². The molecule has 0 unspecified atom stereocenters. The Labute approximate surface area is 198 Å². The van der Waals surface area contributed by atoms with E-state index in [2.05, 4.69) is 10.3 Å². The number of ether oxygens (including phenoxy) is 3. The predicted octanol–water partition coefficient (Wildman–Crippen LogP) is 4.05. The number of rotatable bonds is 7. The van der Waals surface area contributed by atoms with Gasteiger partial charge < -0.3 is 24.4 Å². The Hall–Kier alpha value is -4.07. The Bertz CT molecular complexity index is 1180. The largest absolute Gasteiger partial charge is 0.494 e. The first-order chi connectivity index (χ1) is 16.5. The van der Waals surface area contributed by atoms with Gasteiger partial charge in [-0.3, -0.25) is 14.6 Å². The molecule has 0 radical (unpaired) electrons. The molecule has 2 amide bonds. The van der Waals surface area contributed by atoms with E-state index < -0.39 is 12.0 Å². The van der Waals surface area contributed by atoms with Crippen molar-refractivity contribution in [3.8, 4) is 17.2 Å². The minimum atomic E-state index is -0.715. The van der Waals surface area contributed by atoms with E-state index in [1.54, 1.807) is 66.8 Å². The van der Waals surface area contributed by atoms with Crippen LogP contribution < -0.4 is 19.5 Å². The number of carbonyl (C=O) groups is 2. The van der Waals surface area contributed by atoms with Crippen molar-refractivity contribution in [2.45, 2.75) is 18.9 Å². The number of anilines is 1. The van der Waals surface area contributed by atoms with E-state index in [0.717, 1.165) is 11.3 Å². The smallest absolute Gasteiger partial charge is 0.254 e. The van der Waals surface area contributed by atoms with E-state index in [9.17, 15) is 9.59 Å². The van der Waals surface area contributed by atoms with Crippen molar-refractivity contribution in [1.29, 1.82) is 0 Å². The number of pyridine rings is 1. The summed E-state index contributed by atoms with van der Waals surface area (Å²) in [5, 5.41) is 3.00. The van der Waals surface area contributed by atoms with E-state index in [0.29, 0.717) is 34.9 Å². The van der Waals surface area contributed by atoms with Crippen molar-refractivity contribution in [1.82, 2.24) is 9.88 Å². The number of amides is 2. The molecule has 8 nitrogen and oxygen atoms in total. The maximum Gasteiger partial charge on any atom is 0.254 e. The lowest BCUT2D eigenvalue weighted by molar-refractivity contribution is -0.119. The first kappa shape index (κ1) is 23.1. The fraction of sp³-hybridized carbons (Fsp3) is 0.269. The van der Waals surface area contributed by atoms with Crippen molar-refractivity contribution in [3.63, 3.8) is 0 Å². The highest BCUT2D eigenvalue weighted by Crippen LogP contribution is 2.45. The molecule has 4 rings (SSSR count). The van der Waals surface area contributed by atoms with Gasteiger partial charge in [-0.25, -0.2) is 0 Å². The number of benzene rings is 2. The van der Waals surface area contributed by atoms with E-state index >= 15 is 0 Å². The summed E-state index contributed by atoms with van der Waals surface area (Å²) >= 11 is 0. The molecule has 176 valence electrons. The standard InChI is InChI=1S/C26H27N3O5/c1-5-34-18-10-8-17(9-11-18)28-25(30)23-19-13-21(32-3)22(33-4)14-20(19)26(31)29(2)24(23)16-7-6-12-27-15-16/h6-15,23-24H,5H2,1-4H3,(H,28,30)/t23-,24+/m0/s1. The molecule has 1 N–H and O–H groups in total. The second-order valence-corrected chi connectivity index (χ2v) is 7.87. The zero-order valence-corrected chi connectivity index (χ0v) is 19.6.